The number of rotatable bonds is 4. The molecule has 0 saturated heterocycles. The third-order valence-electron chi connectivity index (χ3n) is 3.39. The van der Waals surface area contributed by atoms with Crippen LogP contribution in [0.1, 0.15) is 35.6 Å². The lowest BCUT2D eigenvalue weighted by atomic mass is 10.1. The average molecular weight is 351 g/mol. The predicted octanol–water partition coefficient (Wildman–Crippen LogP) is 4.41. The Morgan fingerprint density at radius 1 is 1.32 bits per heavy atom. The summed E-state index contributed by atoms with van der Waals surface area (Å²) in [6.07, 6.45) is 2.11. The molecule has 0 aliphatic heterocycles. The molecule has 0 radical (unpaired) electrons. The first-order valence-electron chi connectivity index (χ1n) is 6.72. The molecule has 1 aromatic heterocycles. The molecule has 2 N–H and O–H groups in total. The molecule has 112 valence electrons. The summed E-state index contributed by atoms with van der Waals surface area (Å²) in [5.41, 5.74) is 8.03. The Labute approximate surface area is 142 Å². The van der Waals surface area contributed by atoms with Crippen LogP contribution in [-0.2, 0) is 5.75 Å². The Kier molecular flexibility index (Phi) is 4.44. The molecular weight excluding hydrogens is 339 g/mol. The number of nitrogens with zero attached hydrogens (tertiary/aromatic N) is 3. The highest BCUT2D eigenvalue weighted by molar-refractivity contribution is 7.98. The Balaban J connectivity index is 1.82. The predicted molar refractivity (Wildman–Crippen MR) is 89.2 cm³/mol. The fourth-order valence-electron chi connectivity index (χ4n) is 2.09. The highest BCUT2D eigenvalue weighted by atomic mass is 35.5. The third kappa shape index (κ3) is 3.30. The maximum absolute atomic E-state index is 9.19. The summed E-state index contributed by atoms with van der Waals surface area (Å²) < 4.78 is 0. The molecule has 1 aliphatic rings. The van der Waals surface area contributed by atoms with Crippen LogP contribution in [-0.4, -0.2) is 9.97 Å². The zero-order valence-electron chi connectivity index (χ0n) is 11.5. The molecule has 1 aromatic carbocycles. The highest BCUT2D eigenvalue weighted by Crippen LogP contribution is 2.42. The maximum Gasteiger partial charge on any atom is 0.190 e. The van der Waals surface area contributed by atoms with Crippen molar-refractivity contribution in [1.29, 1.82) is 5.26 Å². The molecule has 1 saturated carbocycles. The molecule has 0 unspecified atom stereocenters. The van der Waals surface area contributed by atoms with E-state index in [1.165, 1.54) is 11.8 Å². The highest BCUT2D eigenvalue weighted by Gasteiger charge is 2.30. The van der Waals surface area contributed by atoms with E-state index in [2.05, 4.69) is 16.0 Å². The van der Waals surface area contributed by atoms with Crippen LogP contribution < -0.4 is 5.73 Å². The summed E-state index contributed by atoms with van der Waals surface area (Å²) in [7, 11) is 0. The Bertz CT molecular complexity index is 769. The Morgan fingerprint density at radius 3 is 2.73 bits per heavy atom. The molecule has 1 fully saturated rings. The van der Waals surface area contributed by atoms with Crippen LogP contribution in [0.15, 0.2) is 23.4 Å². The third-order valence-corrected chi connectivity index (χ3v) is 4.88. The van der Waals surface area contributed by atoms with Gasteiger partial charge in [0.05, 0.1) is 5.69 Å². The molecule has 22 heavy (non-hydrogen) atoms. The van der Waals surface area contributed by atoms with Crippen molar-refractivity contribution in [2.45, 2.75) is 29.7 Å². The van der Waals surface area contributed by atoms with Crippen molar-refractivity contribution in [2.75, 3.05) is 5.73 Å². The van der Waals surface area contributed by atoms with E-state index in [-0.39, 0.29) is 5.82 Å². The van der Waals surface area contributed by atoms with Crippen LogP contribution in [0, 0.1) is 11.3 Å². The molecular formula is C15H12Cl2N4S. The van der Waals surface area contributed by atoms with E-state index in [0.29, 0.717) is 32.4 Å². The van der Waals surface area contributed by atoms with E-state index in [1.54, 1.807) is 12.1 Å². The van der Waals surface area contributed by atoms with Crippen LogP contribution >= 0.6 is 35.0 Å². The number of thioether (sulfide) groups is 1. The second-order valence-electron chi connectivity index (χ2n) is 5.06. The van der Waals surface area contributed by atoms with E-state index in [9.17, 15) is 5.26 Å². The van der Waals surface area contributed by atoms with Gasteiger partial charge in [0, 0.05) is 21.7 Å². The average Bonchev–Trinajstić information content (AvgIpc) is 3.30. The van der Waals surface area contributed by atoms with Crippen molar-refractivity contribution in [3.05, 3.63) is 45.1 Å². The summed E-state index contributed by atoms with van der Waals surface area (Å²) >= 11 is 13.5. The van der Waals surface area contributed by atoms with Gasteiger partial charge in [-0.05, 0) is 30.5 Å². The molecule has 1 aliphatic carbocycles. The van der Waals surface area contributed by atoms with Crippen molar-refractivity contribution in [3.8, 4) is 6.07 Å². The SMILES string of the molecule is N#Cc1c(N)nc(SCc2ccc(Cl)cc2Cl)nc1C1CC1. The molecule has 0 bridgehead atoms. The van der Waals surface area contributed by atoms with Crippen molar-refractivity contribution in [1.82, 2.24) is 9.97 Å². The quantitative estimate of drug-likeness (QED) is 0.652. The van der Waals surface area contributed by atoms with Gasteiger partial charge < -0.3 is 5.73 Å². The van der Waals surface area contributed by atoms with Gasteiger partial charge in [-0.3, -0.25) is 0 Å². The minimum Gasteiger partial charge on any atom is -0.382 e. The Hall–Kier alpha value is -1.48. The maximum atomic E-state index is 9.19. The second kappa shape index (κ2) is 6.33. The zero-order valence-corrected chi connectivity index (χ0v) is 13.8. The van der Waals surface area contributed by atoms with Crippen LogP contribution in [0.2, 0.25) is 10.0 Å². The molecule has 3 rings (SSSR count). The number of hydrogen-bond donors (Lipinski definition) is 1. The summed E-state index contributed by atoms with van der Waals surface area (Å²) in [4.78, 5) is 8.72. The number of halogens is 2. The first-order chi connectivity index (χ1) is 10.6. The van der Waals surface area contributed by atoms with Crippen LogP contribution in [0.4, 0.5) is 5.82 Å². The van der Waals surface area contributed by atoms with Gasteiger partial charge in [0.15, 0.2) is 5.16 Å². The van der Waals surface area contributed by atoms with Gasteiger partial charge in [-0.2, -0.15) is 5.26 Å². The lowest BCUT2D eigenvalue weighted by Crippen LogP contribution is -2.04. The van der Waals surface area contributed by atoms with E-state index < -0.39 is 0 Å². The minimum absolute atomic E-state index is 0.254. The van der Waals surface area contributed by atoms with Gasteiger partial charge in [-0.1, -0.05) is 41.0 Å². The normalized spacial score (nSPS) is 13.9. The molecule has 2 aromatic rings. The van der Waals surface area contributed by atoms with Crippen LogP contribution in [0.3, 0.4) is 0 Å². The number of nitriles is 1. The van der Waals surface area contributed by atoms with E-state index in [4.69, 9.17) is 28.9 Å². The number of aromatic nitrogens is 2. The van der Waals surface area contributed by atoms with Crippen molar-refractivity contribution < 1.29 is 0 Å². The van der Waals surface area contributed by atoms with E-state index >= 15 is 0 Å². The lowest BCUT2D eigenvalue weighted by Gasteiger charge is -2.08. The monoisotopic (exact) mass is 350 g/mol. The number of nitrogens with two attached hydrogens (primary N) is 1. The van der Waals surface area contributed by atoms with Gasteiger partial charge in [0.1, 0.15) is 17.5 Å². The number of hydrogen-bond acceptors (Lipinski definition) is 5. The molecule has 0 amide bonds. The summed E-state index contributed by atoms with van der Waals surface area (Å²) in [6, 6.07) is 7.50. The molecule has 7 heteroatoms. The minimum atomic E-state index is 0.254. The van der Waals surface area contributed by atoms with Crippen molar-refractivity contribution in [3.63, 3.8) is 0 Å². The first-order valence-corrected chi connectivity index (χ1v) is 8.47. The zero-order chi connectivity index (χ0) is 15.7. The van der Waals surface area contributed by atoms with Gasteiger partial charge in [-0.15, -0.1) is 0 Å². The van der Waals surface area contributed by atoms with Gasteiger partial charge >= 0.3 is 0 Å². The topological polar surface area (TPSA) is 75.6 Å². The summed E-state index contributed by atoms with van der Waals surface area (Å²) in [5, 5.41) is 11.0. The smallest absolute Gasteiger partial charge is 0.190 e. The number of benzene rings is 1. The fourth-order valence-corrected chi connectivity index (χ4v) is 3.50. The molecule has 0 spiro atoms. The largest absolute Gasteiger partial charge is 0.382 e. The van der Waals surface area contributed by atoms with Crippen LogP contribution in [0.5, 0.6) is 0 Å². The first kappa shape index (κ1) is 15.4. The van der Waals surface area contributed by atoms with Crippen molar-refractivity contribution in [2.24, 2.45) is 0 Å². The van der Waals surface area contributed by atoms with Gasteiger partial charge in [0.25, 0.3) is 0 Å². The fraction of sp³-hybridized carbons (Fsp3) is 0.267. The van der Waals surface area contributed by atoms with Crippen molar-refractivity contribution >= 4 is 40.8 Å². The number of nitrogen functional groups attached to an aromatic ring is 1. The summed E-state index contributed by atoms with van der Waals surface area (Å²) in [5.74, 6) is 1.22. The lowest BCUT2D eigenvalue weighted by molar-refractivity contribution is 0.881. The Morgan fingerprint density at radius 2 is 2.09 bits per heavy atom. The summed E-state index contributed by atoms with van der Waals surface area (Å²) in [6.45, 7) is 0. The second-order valence-corrected chi connectivity index (χ2v) is 6.85. The molecule has 1 heterocycles. The van der Waals surface area contributed by atoms with Gasteiger partial charge in [0.2, 0.25) is 0 Å². The van der Waals surface area contributed by atoms with Gasteiger partial charge in [-0.25, -0.2) is 9.97 Å². The van der Waals surface area contributed by atoms with Crippen LogP contribution in [0.25, 0.3) is 0 Å². The number of anilines is 1. The van der Waals surface area contributed by atoms with E-state index in [1.807, 2.05) is 6.07 Å². The standard InChI is InChI=1S/C15H12Cl2N4S/c16-10-4-3-9(12(17)5-10)7-22-15-20-13(8-1-2-8)11(6-18)14(19)21-15/h3-5,8H,1-2,7H2,(H2,19,20,21). The molecule has 0 atom stereocenters. The molecule has 4 nitrogen and oxygen atoms in total. The van der Waals surface area contributed by atoms with E-state index in [0.717, 1.165) is 24.1 Å².